The maximum atomic E-state index is 11.9. The minimum atomic E-state index is -1.12. The average Bonchev–Trinajstić information content (AvgIpc) is 2.40. The third-order valence-electron chi connectivity index (χ3n) is 2.58. The highest BCUT2D eigenvalue weighted by Gasteiger charge is 2.17. The van der Waals surface area contributed by atoms with Crippen LogP contribution in [0.25, 0.3) is 0 Å². The van der Waals surface area contributed by atoms with Crippen LogP contribution in [0, 0.1) is 0 Å². The molecule has 0 bridgehead atoms. The van der Waals surface area contributed by atoms with Crippen LogP contribution in [-0.4, -0.2) is 27.1 Å². The monoisotopic (exact) mass is 243 g/mol. The van der Waals surface area contributed by atoms with Crippen molar-refractivity contribution in [1.82, 2.24) is 4.98 Å². The number of benzene rings is 1. The Balaban J connectivity index is 2.07. The summed E-state index contributed by atoms with van der Waals surface area (Å²) >= 11 is 0. The van der Waals surface area contributed by atoms with E-state index in [1.165, 1.54) is 24.3 Å². The fourth-order valence-electron chi connectivity index (χ4n) is 1.63. The van der Waals surface area contributed by atoms with E-state index >= 15 is 0 Å². The molecule has 2 rings (SSSR count). The molecule has 0 aliphatic heterocycles. The second kappa shape index (κ2) is 5.42. The number of rotatable bonds is 4. The number of hydrogen-bond donors (Lipinski definition) is 2. The van der Waals surface area contributed by atoms with Crippen molar-refractivity contribution in [2.75, 3.05) is 0 Å². The predicted octanol–water partition coefficient (Wildman–Crippen LogP) is 1.57. The molecule has 0 saturated heterocycles. The molecule has 18 heavy (non-hydrogen) atoms. The van der Waals surface area contributed by atoms with E-state index in [1.807, 2.05) is 0 Å². The van der Waals surface area contributed by atoms with Crippen LogP contribution in [0.5, 0.6) is 5.75 Å². The lowest BCUT2D eigenvalue weighted by Crippen LogP contribution is -2.23. The number of aromatic nitrogens is 1. The minimum absolute atomic E-state index is 0.0887. The molecule has 4 heteroatoms. The number of carbonyl (C=O) groups is 1. The largest absolute Gasteiger partial charge is 0.508 e. The van der Waals surface area contributed by atoms with Crippen molar-refractivity contribution in [3.05, 3.63) is 59.9 Å². The smallest absolute Gasteiger partial charge is 0.191 e. The zero-order chi connectivity index (χ0) is 13.0. The first kappa shape index (κ1) is 12.3. The van der Waals surface area contributed by atoms with Gasteiger partial charge in [0.05, 0.1) is 0 Å². The molecular weight excluding hydrogens is 230 g/mol. The van der Waals surface area contributed by atoms with Crippen LogP contribution in [0.1, 0.15) is 16.1 Å². The Labute approximate surface area is 105 Å². The molecule has 1 unspecified atom stereocenters. The number of phenolic OH excluding ortho intramolecular Hbond substituents is 1. The molecule has 1 atom stereocenters. The molecule has 2 aromatic rings. The van der Waals surface area contributed by atoms with E-state index in [-0.39, 0.29) is 18.0 Å². The molecule has 1 aromatic heterocycles. The number of aliphatic hydroxyl groups excluding tert-OH is 1. The highest BCUT2D eigenvalue weighted by Crippen LogP contribution is 2.12. The number of pyridine rings is 1. The van der Waals surface area contributed by atoms with Gasteiger partial charge in [-0.25, -0.2) is 0 Å². The molecule has 0 saturated carbocycles. The number of carbonyl (C=O) groups excluding carboxylic acids is 1. The van der Waals surface area contributed by atoms with Gasteiger partial charge in [0.2, 0.25) is 0 Å². The number of aliphatic hydroxyl groups is 1. The highest BCUT2D eigenvalue weighted by atomic mass is 16.3. The molecule has 0 spiro atoms. The van der Waals surface area contributed by atoms with Gasteiger partial charge in [-0.15, -0.1) is 0 Å². The number of phenols is 1. The topological polar surface area (TPSA) is 70.4 Å². The predicted molar refractivity (Wildman–Crippen MR) is 66.4 cm³/mol. The van der Waals surface area contributed by atoms with Crippen LogP contribution in [0.4, 0.5) is 0 Å². The van der Waals surface area contributed by atoms with Crippen LogP contribution in [-0.2, 0) is 6.42 Å². The summed E-state index contributed by atoms with van der Waals surface area (Å²) in [6.45, 7) is 0. The fourth-order valence-corrected chi connectivity index (χ4v) is 1.63. The third-order valence-corrected chi connectivity index (χ3v) is 2.58. The average molecular weight is 243 g/mol. The van der Waals surface area contributed by atoms with Gasteiger partial charge in [0.15, 0.2) is 5.78 Å². The van der Waals surface area contributed by atoms with Crippen molar-refractivity contribution < 1.29 is 15.0 Å². The second-order valence-electron chi connectivity index (χ2n) is 3.95. The molecule has 0 amide bonds. The van der Waals surface area contributed by atoms with E-state index in [0.29, 0.717) is 11.3 Å². The van der Waals surface area contributed by atoms with Crippen LogP contribution < -0.4 is 0 Å². The normalized spacial score (nSPS) is 12.1. The number of hydrogen-bond acceptors (Lipinski definition) is 4. The lowest BCUT2D eigenvalue weighted by molar-refractivity contribution is 0.0746. The minimum Gasteiger partial charge on any atom is -0.508 e. The van der Waals surface area contributed by atoms with Gasteiger partial charge in [-0.1, -0.05) is 6.07 Å². The Morgan fingerprint density at radius 3 is 2.50 bits per heavy atom. The van der Waals surface area contributed by atoms with Gasteiger partial charge in [-0.05, 0) is 36.4 Å². The van der Waals surface area contributed by atoms with Gasteiger partial charge in [0.1, 0.15) is 11.9 Å². The van der Waals surface area contributed by atoms with E-state index in [4.69, 9.17) is 5.11 Å². The van der Waals surface area contributed by atoms with Crippen molar-refractivity contribution in [1.29, 1.82) is 0 Å². The van der Waals surface area contributed by atoms with E-state index in [9.17, 15) is 9.90 Å². The second-order valence-corrected chi connectivity index (χ2v) is 3.95. The fraction of sp³-hybridized carbons (Fsp3) is 0.143. The van der Waals surface area contributed by atoms with Gasteiger partial charge in [-0.2, -0.15) is 0 Å². The Morgan fingerprint density at radius 1 is 1.17 bits per heavy atom. The first-order valence-electron chi connectivity index (χ1n) is 5.58. The van der Waals surface area contributed by atoms with Crippen LogP contribution >= 0.6 is 0 Å². The Hall–Kier alpha value is -2.20. The lowest BCUT2D eigenvalue weighted by atomic mass is 10.0. The molecule has 1 heterocycles. The van der Waals surface area contributed by atoms with Gasteiger partial charge in [0.25, 0.3) is 0 Å². The van der Waals surface area contributed by atoms with Gasteiger partial charge in [-0.3, -0.25) is 9.78 Å². The maximum Gasteiger partial charge on any atom is 0.191 e. The Kier molecular flexibility index (Phi) is 3.69. The van der Waals surface area contributed by atoms with E-state index in [0.717, 1.165) is 0 Å². The van der Waals surface area contributed by atoms with Crippen molar-refractivity contribution >= 4 is 5.78 Å². The molecule has 0 radical (unpaired) electrons. The summed E-state index contributed by atoms with van der Waals surface area (Å²) in [5.41, 5.74) is 1.04. The summed E-state index contributed by atoms with van der Waals surface area (Å²) in [5.74, 6) is -0.286. The zero-order valence-electron chi connectivity index (χ0n) is 9.65. The first-order valence-corrected chi connectivity index (χ1v) is 5.58. The Bertz CT molecular complexity index is 522. The van der Waals surface area contributed by atoms with Gasteiger partial charge < -0.3 is 10.2 Å². The van der Waals surface area contributed by atoms with Crippen molar-refractivity contribution in [2.45, 2.75) is 12.5 Å². The van der Waals surface area contributed by atoms with Crippen molar-refractivity contribution in [2.24, 2.45) is 0 Å². The summed E-state index contributed by atoms with van der Waals surface area (Å²) in [4.78, 5) is 16.0. The summed E-state index contributed by atoms with van der Waals surface area (Å²) in [7, 11) is 0. The van der Waals surface area contributed by atoms with E-state index in [2.05, 4.69) is 4.98 Å². The zero-order valence-corrected chi connectivity index (χ0v) is 9.65. The SMILES string of the molecule is O=C(c1ccc(O)cc1)C(O)Cc1ccccn1. The molecule has 92 valence electrons. The van der Waals surface area contributed by atoms with Crippen molar-refractivity contribution in [3.63, 3.8) is 0 Å². The quantitative estimate of drug-likeness (QED) is 0.800. The molecular formula is C14H13NO3. The maximum absolute atomic E-state index is 11.9. The number of nitrogens with zero attached hydrogens (tertiary/aromatic N) is 1. The van der Waals surface area contributed by atoms with Crippen LogP contribution in [0.3, 0.4) is 0 Å². The van der Waals surface area contributed by atoms with E-state index in [1.54, 1.807) is 24.4 Å². The lowest BCUT2D eigenvalue weighted by Gasteiger charge is -2.09. The molecule has 4 nitrogen and oxygen atoms in total. The highest BCUT2D eigenvalue weighted by molar-refractivity contribution is 5.99. The first-order chi connectivity index (χ1) is 8.66. The van der Waals surface area contributed by atoms with E-state index < -0.39 is 6.10 Å². The summed E-state index contributed by atoms with van der Waals surface area (Å²) < 4.78 is 0. The molecule has 0 aliphatic rings. The number of ketones is 1. The molecule has 2 N–H and O–H groups in total. The van der Waals surface area contributed by atoms with Gasteiger partial charge >= 0.3 is 0 Å². The third kappa shape index (κ3) is 2.93. The molecule has 0 fully saturated rings. The summed E-state index contributed by atoms with van der Waals surface area (Å²) in [6.07, 6.45) is 0.678. The molecule has 0 aliphatic carbocycles. The van der Waals surface area contributed by atoms with Crippen LogP contribution in [0.15, 0.2) is 48.7 Å². The molecule has 1 aromatic carbocycles. The van der Waals surface area contributed by atoms with Gasteiger partial charge in [0, 0.05) is 23.9 Å². The Morgan fingerprint density at radius 2 is 1.89 bits per heavy atom. The summed E-state index contributed by atoms with van der Waals surface area (Å²) in [6, 6.07) is 11.1. The summed E-state index contributed by atoms with van der Waals surface area (Å²) in [5, 5.41) is 19.0. The number of Topliss-reactive ketones (excluding diaryl/α,β-unsaturated/α-hetero) is 1. The number of aromatic hydroxyl groups is 1. The standard InChI is InChI=1S/C14H13NO3/c16-12-6-4-10(5-7-12)14(18)13(17)9-11-3-1-2-8-15-11/h1-8,13,16-17H,9H2. The van der Waals surface area contributed by atoms with Crippen molar-refractivity contribution in [3.8, 4) is 5.75 Å². The van der Waals surface area contributed by atoms with Crippen LogP contribution in [0.2, 0.25) is 0 Å².